The van der Waals surface area contributed by atoms with Crippen LogP contribution in [-0.2, 0) is 14.3 Å². The van der Waals surface area contributed by atoms with Gasteiger partial charge in [-0.05, 0) is 44.7 Å². The van der Waals surface area contributed by atoms with Crippen LogP contribution in [0.5, 0.6) is 0 Å². The molecule has 0 radical (unpaired) electrons. The number of nitrogens with zero attached hydrogens (tertiary/aromatic N) is 4. The fraction of sp³-hybridized carbons (Fsp3) is 0.722. The van der Waals surface area contributed by atoms with Crippen molar-refractivity contribution in [2.45, 2.75) is 44.3 Å². The molecule has 4 rings (SSSR count). The van der Waals surface area contributed by atoms with Gasteiger partial charge in [-0.25, -0.2) is 0 Å². The van der Waals surface area contributed by atoms with E-state index in [1.807, 2.05) is 24.0 Å². The highest BCUT2D eigenvalue weighted by molar-refractivity contribution is 5.81. The van der Waals surface area contributed by atoms with Crippen molar-refractivity contribution in [3.63, 3.8) is 0 Å². The smallest absolute Gasteiger partial charge is 0.251 e. The molecular formula is C18H26N4O3. The van der Waals surface area contributed by atoms with Gasteiger partial charge in [0.15, 0.2) is 5.82 Å². The molecule has 3 fully saturated rings. The summed E-state index contributed by atoms with van der Waals surface area (Å²) in [5.41, 5.74) is 0.706. The maximum Gasteiger partial charge on any atom is 0.251 e. The molecule has 3 saturated heterocycles. The summed E-state index contributed by atoms with van der Waals surface area (Å²) in [6, 6.07) is 4.02. The number of carbonyl (C=O) groups is 1. The summed E-state index contributed by atoms with van der Waals surface area (Å²) < 4.78 is 11.7. The van der Waals surface area contributed by atoms with Crippen LogP contribution in [-0.4, -0.2) is 72.1 Å². The highest BCUT2D eigenvalue weighted by Gasteiger charge is 2.42. The molecule has 1 aromatic rings. The minimum Gasteiger partial charge on any atom is -0.371 e. The van der Waals surface area contributed by atoms with Crippen molar-refractivity contribution < 1.29 is 14.3 Å². The molecule has 0 saturated carbocycles. The molecule has 0 aliphatic carbocycles. The van der Waals surface area contributed by atoms with E-state index in [0.29, 0.717) is 26.3 Å². The van der Waals surface area contributed by atoms with E-state index in [9.17, 15) is 4.79 Å². The molecule has 1 atom stereocenters. The van der Waals surface area contributed by atoms with Gasteiger partial charge in [-0.3, -0.25) is 4.79 Å². The Morgan fingerprint density at radius 2 is 2.04 bits per heavy atom. The summed E-state index contributed by atoms with van der Waals surface area (Å²) in [5, 5.41) is 8.43. The average molecular weight is 346 g/mol. The number of carbonyl (C=O) groups excluding carboxylic acids is 1. The summed E-state index contributed by atoms with van der Waals surface area (Å²) >= 11 is 0. The number of anilines is 1. The quantitative estimate of drug-likeness (QED) is 0.801. The third-order valence-electron chi connectivity index (χ3n) is 5.55. The van der Waals surface area contributed by atoms with Crippen LogP contribution in [0.25, 0.3) is 0 Å². The van der Waals surface area contributed by atoms with Gasteiger partial charge in [0.05, 0.1) is 17.9 Å². The van der Waals surface area contributed by atoms with Crippen molar-refractivity contribution in [3.05, 3.63) is 17.8 Å². The number of hydrogen-bond donors (Lipinski definition) is 0. The molecule has 25 heavy (non-hydrogen) atoms. The molecule has 0 bridgehead atoms. The summed E-state index contributed by atoms with van der Waals surface area (Å²) in [4.78, 5) is 16.9. The molecule has 4 heterocycles. The zero-order valence-electron chi connectivity index (χ0n) is 14.8. The van der Waals surface area contributed by atoms with Crippen molar-refractivity contribution in [3.8, 4) is 0 Å². The monoisotopic (exact) mass is 346 g/mol. The summed E-state index contributed by atoms with van der Waals surface area (Å²) in [6.45, 7) is 6.37. The van der Waals surface area contributed by atoms with Gasteiger partial charge in [0.25, 0.3) is 5.91 Å². The number of aromatic nitrogens is 2. The number of ether oxygens (including phenoxy) is 2. The number of rotatable bonds is 2. The van der Waals surface area contributed by atoms with Crippen molar-refractivity contribution in [2.75, 3.05) is 44.3 Å². The number of aryl methyl sites for hydroxylation is 1. The first-order valence-electron chi connectivity index (χ1n) is 9.25. The number of amides is 1. The summed E-state index contributed by atoms with van der Waals surface area (Å²) in [7, 11) is 0. The topological polar surface area (TPSA) is 67.8 Å². The van der Waals surface area contributed by atoms with Gasteiger partial charge in [0.2, 0.25) is 0 Å². The Hall–Kier alpha value is -1.73. The van der Waals surface area contributed by atoms with Crippen LogP contribution >= 0.6 is 0 Å². The number of piperidine rings is 1. The predicted octanol–water partition coefficient (Wildman–Crippen LogP) is 1.16. The molecule has 0 aromatic carbocycles. The second-order valence-electron chi connectivity index (χ2n) is 7.31. The first-order valence-corrected chi connectivity index (χ1v) is 9.25. The lowest BCUT2D eigenvalue weighted by Crippen LogP contribution is -2.59. The van der Waals surface area contributed by atoms with E-state index < -0.39 is 0 Å². The van der Waals surface area contributed by atoms with Crippen molar-refractivity contribution >= 4 is 11.7 Å². The van der Waals surface area contributed by atoms with E-state index in [1.54, 1.807) is 0 Å². The number of hydrogen-bond acceptors (Lipinski definition) is 6. The Morgan fingerprint density at radius 1 is 1.20 bits per heavy atom. The van der Waals surface area contributed by atoms with Crippen LogP contribution in [0.4, 0.5) is 5.82 Å². The first-order chi connectivity index (χ1) is 12.2. The largest absolute Gasteiger partial charge is 0.371 e. The maximum absolute atomic E-state index is 12.7. The molecular weight excluding hydrogens is 320 g/mol. The second kappa shape index (κ2) is 6.88. The minimum atomic E-state index is -0.238. The molecule has 1 spiro atoms. The normalized spacial score (nSPS) is 26.2. The zero-order chi connectivity index (χ0) is 17.3. The summed E-state index contributed by atoms with van der Waals surface area (Å²) in [5.74, 6) is 1.07. The van der Waals surface area contributed by atoms with Gasteiger partial charge in [0, 0.05) is 32.8 Å². The Morgan fingerprint density at radius 3 is 2.72 bits per heavy atom. The Bertz CT molecular complexity index is 607. The molecule has 1 unspecified atom stereocenters. The second-order valence-corrected chi connectivity index (χ2v) is 7.31. The Labute approximate surface area is 148 Å². The third-order valence-corrected chi connectivity index (χ3v) is 5.55. The molecule has 1 amide bonds. The van der Waals surface area contributed by atoms with E-state index in [2.05, 4.69) is 15.1 Å². The fourth-order valence-corrected chi connectivity index (χ4v) is 4.02. The highest BCUT2D eigenvalue weighted by atomic mass is 16.5. The molecule has 7 nitrogen and oxygen atoms in total. The van der Waals surface area contributed by atoms with E-state index in [1.165, 1.54) is 0 Å². The average Bonchev–Trinajstić information content (AvgIpc) is 3.17. The maximum atomic E-state index is 12.7. The lowest BCUT2D eigenvalue weighted by molar-refractivity contribution is -0.162. The van der Waals surface area contributed by atoms with E-state index in [4.69, 9.17) is 9.47 Å². The Balaban J connectivity index is 1.38. The van der Waals surface area contributed by atoms with Crippen molar-refractivity contribution in [1.82, 2.24) is 15.1 Å². The van der Waals surface area contributed by atoms with Gasteiger partial charge < -0.3 is 19.3 Å². The zero-order valence-corrected chi connectivity index (χ0v) is 14.8. The molecule has 7 heteroatoms. The van der Waals surface area contributed by atoms with Crippen LogP contribution in [0.15, 0.2) is 12.1 Å². The molecule has 3 aliphatic rings. The van der Waals surface area contributed by atoms with E-state index in [-0.39, 0.29) is 17.6 Å². The van der Waals surface area contributed by atoms with Gasteiger partial charge in [-0.1, -0.05) is 0 Å². The van der Waals surface area contributed by atoms with Gasteiger partial charge in [0.1, 0.15) is 6.10 Å². The third kappa shape index (κ3) is 3.48. The molecule has 0 N–H and O–H groups in total. The highest BCUT2D eigenvalue weighted by Crippen LogP contribution is 2.32. The van der Waals surface area contributed by atoms with E-state index >= 15 is 0 Å². The summed E-state index contributed by atoms with van der Waals surface area (Å²) in [6.07, 6.45) is 3.40. The Kier molecular flexibility index (Phi) is 4.60. The van der Waals surface area contributed by atoms with Gasteiger partial charge in [-0.15, -0.1) is 5.10 Å². The molecule has 136 valence electrons. The lowest BCUT2D eigenvalue weighted by atomic mass is 9.89. The van der Waals surface area contributed by atoms with Crippen LogP contribution in [0.1, 0.15) is 31.4 Å². The first kappa shape index (κ1) is 16.7. The van der Waals surface area contributed by atoms with Crippen molar-refractivity contribution in [2.24, 2.45) is 0 Å². The standard InChI is InChI=1S/C18H26N4O3/c1-14-4-5-16(20-19-14)21-8-6-18(7-9-21)13-22(10-12-25-18)17(23)15-3-2-11-24-15/h4-5,15H,2-3,6-13H2,1H3. The number of morpholine rings is 1. The SMILES string of the molecule is Cc1ccc(N2CCC3(CC2)CN(C(=O)C2CCCO2)CCO3)nn1. The fourth-order valence-electron chi connectivity index (χ4n) is 4.02. The van der Waals surface area contributed by atoms with Crippen molar-refractivity contribution in [1.29, 1.82) is 0 Å². The van der Waals surface area contributed by atoms with E-state index in [0.717, 1.165) is 50.3 Å². The van der Waals surface area contributed by atoms with Crippen LogP contribution in [0.2, 0.25) is 0 Å². The van der Waals surface area contributed by atoms with Crippen LogP contribution in [0.3, 0.4) is 0 Å². The lowest BCUT2D eigenvalue weighted by Gasteiger charge is -2.47. The van der Waals surface area contributed by atoms with Crippen LogP contribution < -0.4 is 4.90 Å². The van der Waals surface area contributed by atoms with Crippen LogP contribution in [0, 0.1) is 6.92 Å². The molecule has 1 aromatic heterocycles. The molecule has 3 aliphatic heterocycles. The van der Waals surface area contributed by atoms with Gasteiger partial charge >= 0.3 is 0 Å². The van der Waals surface area contributed by atoms with Gasteiger partial charge in [-0.2, -0.15) is 5.10 Å². The minimum absolute atomic E-state index is 0.145. The predicted molar refractivity (Wildman–Crippen MR) is 92.5 cm³/mol.